The summed E-state index contributed by atoms with van der Waals surface area (Å²) in [7, 11) is 1.70. The van der Waals surface area contributed by atoms with E-state index in [1.54, 1.807) is 13.2 Å². The second-order valence-corrected chi connectivity index (χ2v) is 4.90. The van der Waals surface area contributed by atoms with Crippen LogP contribution in [-0.2, 0) is 4.74 Å². The lowest BCUT2D eigenvalue weighted by Gasteiger charge is -2.07. The van der Waals surface area contributed by atoms with Gasteiger partial charge in [-0.2, -0.15) is 0 Å². The molecule has 0 heterocycles. The summed E-state index contributed by atoms with van der Waals surface area (Å²) in [6, 6.07) is 5.62. The zero-order valence-electron chi connectivity index (χ0n) is 12.9. The lowest BCUT2D eigenvalue weighted by atomic mass is 10.1. The maximum atomic E-state index is 12.1. The van der Waals surface area contributed by atoms with Crippen LogP contribution in [0.3, 0.4) is 0 Å². The van der Waals surface area contributed by atoms with E-state index in [2.05, 4.69) is 17.2 Å². The Morgan fingerprint density at radius 1 is 1.29 bits per heavy atom. The molecule has 0 bridgehead atoms. The Kier molecular flexibility index (Phi) is 8.18. The van der Waals surface area contributed by atoms with E-state index in [0.717, 1.165) is 37.0 Å². The van der Waals surface area contributed by atoms with Crippen molar-refractivity contribution in [3.05, 3.63) is 34.9 Å². The Morgan fingerprint density at radius 2 is 2.10 bits per heavy atom. The minimum absolute atomic E-state index is 0.0544. The van der Waals surface area contributed by atoms with Gasteiger partial charge in [-0.25, -0.2) is 0 Å². The molecule has 0 spiro atoms. The molecule has 0 unspecified atom stereocenters. The molecule has 4 heteroatoms. The van der Waals surface area contributed by atoms with Crippen molar-refractivity contribution in [1.82, 2.24) is 5.32 Å². The molecule has 0 aliphatic rings. The van der Waals surface area contributed by atoms with Crippen molar-refractivity contribution in [3.63, 3.8) is 0 Å². The van der Waals surface area contributed by atoms with E-state index in [0.29, 0.717) is 18.7 Å². The van der Waals surface area contributed by atoms with Gasteiger partial charge in [0.05, 0.1) is 6.54 Å². The molecule has 1 aromatic carbocycles. The summed E-state index contributed by atoms with van der Waals surface area (Å²) in [5, 5.41) is 2.93. The van der Waals surface area contributed by atoms with Crippen molar-refractivity contribution >= 4 is 5.91 Å². The highest BCUT2D eigenvalue weighted by atomic mass is 16.5. The van der Waals surface area contributed by atoms with E-state index in [1.165, 1.54) is 0 Å². The monoisotopic (exact) mass is 288 g/mol. The minimum Gasteiger partial charge on any atom is -0.385 e. The van der Waals surface area contributed by atoms with Gasteiger partial charge in [-0.15, -0.1) is 0 Å². The normalized spacial score (nSPS) is 9.86. The van der Waals surface area contributed by atoms with Gasteiger partial charge < -0.3 is 15.8 Å². The summed E-state index contributed by atoms with van der Waals surface area (Å²) in [6.07, 6.45) is 3.03. The molecule has 0 fully saturated rings. The van der Waals surface area contributed by atoms with Crippen molar-refractivity contribution in [2.45, 2.75) is 26.2 Å². The number of amides is 1. The number of unbranched alkanes of at least 4 members (excludes halogenated alkanes) is 2. The highest BCUT2D eigenvalue weighted by Gasteiger charge is 2.06. The molecular formula is C17H24N2O2. The zero-order valence-corrected chi connectivity index (χ0v) is 12.9. The molecule has 0 radical (unpaired) electrons. The Balaban J connectivity index is 2.51. The van der Waals surface area contributed by atoms with Crippen LogP contribution in [-0.4, -0.2) is 32.7 Å². The molecule has 0 saturated carbocycles. The van der Waals surface area contributed by atoms with Crippen molar-refractivity contribution in [2.75, 3.05) is 26.8 Å². The first-order valence-electron chi connectivity index (χ1n) is 7.25. The third kappa shape index (κ3) is 6.94. The van der Waals surface area contributed by atoms with E-state index in [9.17, 15) is 4.79 Å². The molecule has 0 atom stereocenters. The SMILES string of the molecule is COCCCCCNC(=O)c1cc(C)cc(C#CCN)c1. The molecule has 3 N–H and O–H groups in total. The van der Waals surface area contributed by atoms with Gasteiger partial charge >= 0.3 is 0 Å². The van der Waals surface area contributed by atoms with E-state index in [-0.39, 0.29) is 5.91 Å². The van der Waals surface area contributed by atoms with E-state index < -0.39 is 0 Å². The lowest BCUT2D eigenvalue weighted by molar-refractivity contribution is 0.0952. The minimum atomic E-state index is -0.0544. The predicted molar refractivity (Wildman–Crippen MR) is 85.2 cm³/mol. The Hall–Kier alpha value is -1.83. The molecule has 0 aromatic heterocycles. The second kappa shape index (κ2) is 9.98. The van der Waals surface area contributed by atoms with Crippen LogP contribution >= 0.6 is 0 Å². The number of benzene rings is 1. The van der Waals surface area contributed by atoms with Crippen LogP contribution < -0.4 is 11.1 Å². The predicted octanol–water partition coefficient (Wildman–Crippen LogP) is 1.85. The molecule has 1 amide bonds. The first-order valence-corrected chi connectivity index (χ1v) is 7.25. The van der Waals surface area contributed by atoms with Crippen LogP contribution in [0.4, 0.5) is 0 Å². The molecule has 0 aliphatic carbocycles. The summed E-state index contributed by atoms with van der Waals surface area (Å²) >= 11 is 0. The van der Waals surface area contributed by atoms with Crippen molar-refractivity contribution in [3.8, 4) is 11.8 Å². The fourth-order valence-corrected chi connectivity index (χ4v) is 1.99. The number of hydrogen-bond donors (Lipinski definition) is 2. The summed E-state index contributed by atoms with van der Waals surface area (Å²) in [6.45, 7) is 3.72. The standard InChI is InChI=1S/C17H24N2O2/c1-14-11-15(7-6-8-18)13-16(12-14)17(20)19-9-4-3-5-10-21-2/h11-13H,3-5,8-10,18H2,1-2H3,(H,19,20). The summed E-state index contributed by atoms with van der Waals surface area (Å²) in [5.41, 5.74) is 7.86. The molecule has 114 valence electrons. The molecule has 0 saturated heterocycles. The quantitative estimate of drug-likeness (QED) is 0.594. The number of methoxy groups -OCH3 is 1. The summed E-state index contributed by atoms with van der Waals surface area (Å²) < 4.78 is 4.99. The van der Waals surface area contributed by atoms with Crippen molar-refractivity contribution in [1.29, 1.82) is 0 Å². The van der Waals surface area contributed by atoms with Crippen LogP contribution in [0, 0.1) is 18.8 Å². The number of carbonyl (C=O) groups excluding carboxylic acids is 1. The highest BCUT2D eigenvalue weighted by molar-refractivity contribution is 5.94. The Labute approximate surface area is 127 Å². The van der Waals surface area contributed by atoms with Gasteiger partial charge in [0.1, 0.15) is 0 Å². The van der Waals surface area contributed by atoms with Gasteiger partial charge in [-0.05, 0) is 49.9 Å². The maximum absolute atomic E-state index is 12.1. The van der Waals surface area contributed by atoms with E-state index in [4.69, 9.17) is 10.5 Å². The van der Waals surface area contributed by atoms with E-state index in [1.807, 2.05) is 19.1 Å². The average Bonchev–Trinajstić information content (AvgIpc) is 2.48. The van der Waals surface area contributed by atoms with Crippen molar-refractivity contribution < 1.29 is 9.53 Å². The van der Waals surface area contributed by atoms with Crippen LogP contribution in [0.25, 0.3) is 0 Å². The van der Waals surface area contributed by atoms with Gasteiger partial charge in [-0.1, -0.05) is 11.8 Å². The fraction of sp³-hybridized carbons (Fsp3) is 0.471. The maximum Gasteiger partial charge on any atom is 0.251 e. The van der Waals surface area contributed by atoms with Gasteiger partial charge in [0, 0.05) is 31.4 Å². The van der Waals surface area contributed by atoms with Gasteiger partial charge in [0.25, 0.3) is 5.91 Å². The largest absolute Gasteiger partial charge is 0.385 e. The van der Waals surface area contributed by atoms with Gasteiger partial charge in [0.2, 0.25) is 0 Å². The number of ether oxygens (including phenoxy) is 1. The summed E-state index contributed by atoms with van der Waals surface area (Å²) in [5.74, 6) is 5.71. The molecule has 21 heavy (non-hydrogen) atoms. The number of nitrogens with two attached hydrogens (primary N) is 1. The third-order valence-corrected chi connectivity index (χ3v) is 2.99. The zero-order chi connectivity index (χ0) is 15.5. The van der Waals surface area contributed by atoms with Crippen LogP contribution in [0.2, 0.25) is 0 Å². The summed E-state index contributed by atoms with van der Waals surface area (Å²) in [4.78, 5) is 12.1. The van der Waals surface area contributed by atoms with Crippen LogP contribution in [0.1, 0.15) is 40.7 Å². The molecule has 1 rings (SSSR count). The number of hydrogen-bond acceptors (Lipinski definition) is 3. The van der Waals surface area contributed by atoms with Crippen LogP contribution in [0.15, 0.2) is 18.2 Å². The first-order chi connectivity index (χ1) is 10.2. The van der Waals surface area contributed by atoms with Crippen molar-refractivity contribution in [2.24, 2.45) is 5.73 Å². The van der Waals surface area contributed by atoms with Crippen LogP contribution in [0.5, 0.6) is 0 Å². The number of nitrogens with one attached hydrogen (secondary N) is 1. The lowest BCUT2D eigenvalue weighted by Crippen LogP contribution is -2.24. The fourth-order valence-electron chi connectivity index (χ4n) is 1.99. The third-order valence-electron chi connectivity index (χ3n) is 2.99. The van der Waals surface area contributed by atoms with E-state index >= 15 is 0 Å². The molecular weight excluding hydrogens is 264 g/mol. The number of aryl methyl sites for hydroxylation is 1. The van der Waals surface area contributed by atoms with Gasteiger partial charge in [0.15, 0.2) is 0 Å². The number of carbonyl (C=O) groups is 1. The Morgan fingerprint density at radius 3 is 2.81 bits per heavy atom. The molecule has 1 aromatic rings. The average molecular weight is 288 g/mol. The molecule has 0 aliphatic heterocycles. The smallest absolute Gasteiger partial charge is 0.251 e. The second-order valence-electron chi connectivity index (χ2n) is 4.90. The first kappa shape index (κ1) is 17.2. The number of rotatable bonds is 7. The Bertz CT molecular complexity index is 515. The topological polar surface area (TPSA) is 64.3 Å². The van der Waals surface area contributed by atoms with Gasteiger partial charge in [-0.3, -0.25) is 4.79 Å². The molecule has 4 nitrogen and oxygen atoms in total. The highest BCUT2D eigenvalue weighted by Crippen LogP contribution is 2.09.